The molecule has 150 valence electrons. The van der Waals surface area contributed by atoms with E-state index in [2.05, 4.69) is 56.9 Å². The molecule has 1 fully saturated rings. The fourth-order valence-electron chi connectivity index (χ4n) is 4.72. The van der Waals surface area contributed by atoms with Crippen molar-refractivity contribution in [1.29, 1.82) is 0 Å². The van der Waals surface area contributed by atoms with Gasteiger partial charge in [-0.15, -0.1) is 0 Å². The van der Waals surface area contributed by atoms with Crippen molar-refractivity contribution in [2.75, 3.05) is 11.4 Å². The molecule has 0 aromatic heterocycles. The van der Waals surface area contributed by atoms with Crippen LogP contribution in [0.5, 0.6) is 0 Å². The second-order valence-corrected chi connectivity index (χ2v) is 8.45. The van der Waals surface area contributed by atoms with Crippen LogP contribution in [-0.2, 0) is 15.0 Å². The molecule has 0 aliphatic carbocycles. The number of anilines is 1. The third-order valence-electron chi connectivity index (χ3n) is 5.92. The molecule has 1 N–H and O–H groups in total. The highest BCUT2D eigenvalue weighted by Gasteiger charge is 2.62. The fraction of sp³-hybridized carbons (Fsp3) is 0.478. The van der Waals surface area contributed by atoms with Crippen LogP contribution in [0.3, 0.4) is 0 Å². The minimum Gasteiger partial charge on any atom is -0.480 e. The Balaban J connectivity index is 2.22. The maximum atomic E-state index is 12.6. The number of carboxylic acid groups (broad SMARTS) is 1. The van der Waals surface area contributed by atoms with Crippen LogP contribution in [0.25, 0.3) is 0 Å². The molecule has 28 heavy (non-hydrogen) atoms. The van der Waals surface area contributed by atoms with Crippen molar-refractivity contribution < 1.29 is 14.7 Å². The molecule has 1 saturated heterocycles. The van der Waals surface area contributed by atoms with E-state index in [0.29, 0.717) is 13.0 Å². The summed E-state index contributed by atoms with van der Waals surface area (Å²) in [5, 5.41) is 9.89. The lowest BCUT2D eigenvalue weighted by molar-refractivity contribution is -0.148. The van der Waals surface area contributed by atoms with E-state index in [1.54, 1.807) is 4.90 Å². The normalized spacial score (nSPS) is 25.2. The molecule has 2 heterocycles. The first kappa shape index (κ1) is 20.2. The molecule has 0 saturated carbocycles. The summed E-state index contributed by atoms with van der Waals surface area (Å²) in [5.74, 6) is -1.12. The zero-order valence-electron chi connectivity index (χ0n) is 17.4. The Morgan fingerprint density at radius 2 is 1.75 bits per heavy atom. The Kier molecular flexibility index (Phi) is 5.37. The minimum atomic E-state index is -0.930. The molecule has 5 nitrogen and oxygen atoms in total. The smallest absolute Gasteiger partial charge is 0.326 e. The van der Waals surface area contributed by atoms with Gasteiger partial charge in [0.25, 0.3) is 0 Å². The van der Waals surface area contributed by atoms with Crippen LogP contribution in [0.2, 0.25) is 0 Å². The summed E-state index contributed by atoms with van der Waals surface area (Å²) in [6.07, 6.45) is 5.17. The number of benzene rings is 1. The fourth-order valence-corrected chi connectivity index (χ4v) is 4.72. The van der Waals surface area contributed by atoms with Crippen LogP contribution < -0.4 is 4.90 Å². The van der Waals surface area contributed by atoms with Crippen LogP contribution in [-0.4, -0.2) is 40.6 Å². The molecule has 0 radical (unpaired) electrons. The van der Waals surface area contributed by atoms with Gasteiger partial charge in [0.15, 0.2) is 0 Å². The summed E-state index contributed by atoms with van der Waals surface area (Å²) in [5.41, 5.74) is 4.22. The van der Waals surface area contributed by atoms with Gasteiger partial charge in [-0.1, -0.05) is 41.5 Å². The molecule has 1 amide bonds. The molecule has 3 rings (SSSR count). The molecule has 2 aliphatic heterocycles. The van der Waals surface area contributed by atoms with Crippen LogP contribution in [0, 0.1) is 0 Å². The van der Waals surface area contributed by atoms with Gasteiger partial charge in [0, 0.05) is 24.6 Å². The van der Waals surface area contributed by atoms with Gasteiger partial charge >= 0.3 is 5.97 Å². The lowest BCUT2D eigenvalue weighted by atomic mass is 9.75. The number of carboxylic acids is 1. The molecule has 0 bridgehead atoms. The number of hydrogen-bond acceptors (Lipinski definition) is 3. The van der Waals surface area contributed by atoms with Gasteiger partial charge in [0.2, 0.25) is 5.91 Å². The van der Waals surface area contributed by atoms with Crippen LogP contribution in [0.4, 0.5) is 5.69 Å². The van der Waals surface area contributed by atoms with Crippen molar-refractivity contribution in [3.8, 4) is 0 Å². The predicted octanol–water partition coefficient (Wildman–Crippen LogP) is 4.10. The largest absolute Gasteiger partial charge is 0.480 e. The lowest BCUT2D eigenvalue weighted by Crippen LogP contribution is -2.54. The van der Waals surface area contributed by atoms with Gasteiger partial charge in [-0.05, 0) is 52.2 Å². The van der Waals surface area contributed by atoms with Crippen molar-refractivity contribution in [1.82, 2.24) is 4.90 Å². The van der Waals surface area contributed by atoms with E-state index in [1.165, 1.54) is 18.1 Å². The number of amides is 1. The molecule has 1 aromatic carbocycles. The second-order valence-electron chi connectivity index (χ2n) is 8.45. The van der Waals surface area contributed by atoms with Gasteiger partial charge in [0.1, 0.15) is 12.2 Å². The summed E-state index contributed by atoms with van der Waals surface area (Å²) in [7, 11) is 0. The summed E-state index contributed by atoms with van der Waals surface area (Å²) < 4.78 is 0. The number of para-hydroxylation sites is 1. The van der Waals surface area contributed by atoms with Crippen LogP contribution in [0.1, 0.15) is 53.0 Å². The van der Waals surface area contributed by atoms with Gasteiger partial charge in [-0.25, -0.2) is 4.79 Å². The van der Waals surface area contributed by atoms with Crippen LogP contribution in [0.15, 0.2) is 47.6 Å². The average Bonchev–Trinajstić information content (AvgIpc) is 3.09. The Bertz CT molecular complexity index is 849. The molecular weight excluding hydrogens is 352 g/mol. The van der Waals surface area contributed by atoms with Crippen molar-refractivity contribution in [2.24, 2.45) is 0 Å². The summed E-state index contributed by atoms with van der Waals surface area (Å²) in [6, 6.07) is 7.40. The molecule has 3 atom stereocenters. The minimum absolute atomic E-state index is 0.188. The highest BCUT2D eigenvalue weighted by Crippen LogP contribution is 2.56. The van der Waals surface area contributed by atoms with Gasteiger partial charge < -0.3 is 14.9 Å². The Hall–Kier alpha value is -2.56. The number of aliphatic carboxylic acids is 1. The molecule has 2 aliphatic rings. The number of hydrogen-bond donors (Lipinski definition) is 1. The Morgan fingerprint density at radius 1 is 1.11 bits per heavy atom. The molecule has 1 aromatic rings. The number of fused-ring (bicyclic) bond motifs is 3. The predicted molar refractivity (Wildman–Crippen MR) is 111 cm³/mol. The van der Waals surface area contributed by atoms with Gasteiger partial charge in [-0.3, -0.25) is 4.79 Å². The third-order valence-corrected chi connectivity index (χ3v) is 5.92. The monoisotopic (exact) mass is 382 g/mol. The lowest BCUT2D eigenvalue weighted by Gasteiger charge is -2.38. The van der Waals surface area contributed by atoms with E-state index in [1.807, 2.05) is 12.1 Å². The highest BCUT2D eigenvalue weighted by atomic mass is 16.4. The maximum absolute atomic E-state index is 12.6. The first-order chi connectivity index (χ1) is 13.2. The van der Waals surface area contributed by atoms with E-state index < -0.39 is 17.4 Å². The molecule has 0 spiro atoms. The van der Waals surface area contributed by atoms with E-state index in [0.717, 1.165) is 17.7 Å². The Labute approximate surface area is 167 Å². The van der Waals surface area contributed by atoms with E-state index in [9.17, 15) is 14.7 Å². The number of allylic oxidation sites excluding steroid dienone is 3. The highest BCUT2D eigenvalue weighted by molar-refractivity contribution is 5.86. The van der Waals surface area contributed by atoms with Crippen molar-refractivity contribution in [3.05, 3.63) is 53.1 Å². The zero-order chi connectivity index (χ0) is 20.6. The second kappa shape index (κ2) is 7.46. The maximum Gasteiger partial charge on any atom is 0.326 e. The molecule has 2 unspecified atom stereocenters. The number of likely N-dealkylation sites (tertiary alicyclic amines) is 1. The van der Waals surface area contributed by atoms with Crippen LogP contribution >= 0.6 is 0 Å². The number of carbonyl (C=O) groups is 2. The molecule has 5 heteroatoms. The SMILES string of the molecule is CC(=O)N1C(C(=O)O)C[C@]2(CC=C(C)C)c3ccccc3N(CC=C(C)C)C12. The third kappa shape index (κ3) is 3.23. The standard InChI is InChI=1S/C23H30N2O3/c1-15(2)10-12-23-14-20(21(27)28)25(17(5)26)22(23)24(13-11-16(3)4)19-9-7-6-8-18(19)23/h6-11,20,22H,12-14H2,1-5H3,(H,27,28)/t20?,22?,23-/m1/s1. The Morgan fingerprint density at radius 3 is 2.32 bits per heavy atom. The summed E-state index contributed by atoms with van der Waals surface area (Å²) >= 11 is 0. The zero-order valence-corrected chi connectivity index (χ0v) is 17.4. The topological polar surface area (TPSA) is 60.9 Å². The van der Waals surface area contributed by atoms with Crippen molar-refractivity contribution >= 4 is 17.6 Å². The van der Waals surface area contributed by atoms with E-state index >= 15 is 0 Å². The van der Waals surface area contributed by atoms with E-state index in [-0.39, 0.29) is 12.1 Å². The average molecular weight is 383 g/mol. The van der Waals surface area contributed by atoms with Crippen molar-refractivity contribution in [3.63, 3.8) is 0 Å². The number of rotatable bonds is 5. The van der Waals surface area contributed by atoms with Gasteiger partial charge in [-0.2, -0.15) is 0 Å². The number of nitrogens with zero attached hydrogens (tertiary/aromatic N) is 2. The first-order valence-electron chi connectivity index (χ1n) is 9.83. The quantitative estimate of drug-likeness (QED) is 0.779. The van der Waals surface area contributed by atoms with E-state index in [4.69, 9.17) is 0 Å². The van der Waals surface area contributed by atoms with Crippen molar-refractivity contribution in [2.45, 2.75) is 65.1 Å². The molecular formula is C23H30N2O3. The first-order valence-corrected chi connectivity index (χ1v) is 9.83. The summed E-state index contributed by atoms with van der Waals surface area (Å²) in [4.78, 5) is 28.5. The van der Waals surface area contributed by atoms with Gasteiger partial charge in [0.05, 0.1) is 0 Å². The summed E-state index contributed by atoms with van der Waals surface area (Å²) in [6.45, 7) is 10.3. The number of carbonyl (C=O) groups excluding carboxylic acids is 1.